The molecule has 17 heavy (non-hydrogen) atoms. The largest absolute Gasteiger partial charge is 0.392 e. The van der Waals surface area contributed by atoms with Gasteiger partial charge in [-0.15, -0.1) is 0 Å². The Morgan fingerprint density at radius 1 is 1.59 bits per heavy atom. The second-order valence-electron chi connectivity index (χ2n) is 4.94. The van der Waals surface area contributed by atoms with Crippen LogP contribution in [0.5, 0.6) is 0 Å². The van der Waals surface area contributed by atoms with Crippen LogP contribution >= 0.6 is 15.9 Å². The molecule has 0 aromatic carbocycles. The maximum absolute atomic E-state index is 11.9. The maximum Gasteiger partial charge on any atom is 0.270 e. The molecule has 0 bridgehead atoms. The molecule has 0 radical (unpaired) electrons. The van der Waals surface area contributed by atoms with Crippen molar-refractivity contribution in [3.8, 4) is 0 Å². The molecule has 92 valence electrons. The lowest BCUT2D eigenvalue weighted by Gasteiger charge is -2.49. The molecule has 1 aromatic rings. The summed E-state index contributed by atoms with van der Waals surface area (Å²) in [6, 6.07) is 5.22. The van der Waals surface area contributed by atoms with Crippen LogP contribution in [0.1, 0.15) is 30.8 Å². The van der Waals surface area contributed by atoms with Gasteiger partial charge in [0.05, 0.1) is 6.10 Å². The van der Waals surface area contributed by atoms with E-state index in [9.17, 15) is 9.90 Å². The van der Waals surface area contributed by atoms with Crippen LogP contribution < -0.4 is 5.32 Å². The van der Waals surface area contributed by atoms with Gasteiger partial charge in [-0.25, -0.2) is 4.98 Å². The highest BCUT2D eigenvalue weighted by molar-refractivity contribution is 9.10. The van der Waals surface area contributed by atoms with Crippen molar-refractivity contribution in [3.63, 3.8) is 0 Å². The molecule has 2 atom stereocenters. The molecule has 1 aliphatic rings. The Hall–Kier alpha value is -0.940. The molecule has 1 aromatic heterocycles. The van der Waals surface area contributed by atoms with E-state index >= 15 is 0 Å². The molecule has 2 unspecified atom stereocenters. The Labute approximate surface area is 109 Å². The quantitative estimate of drug-likeness (QED) is 0.818. The van der Waals surface area contributed by atoms with Crippen molar-refractivity contribution < 1.29 is 9.90 Å². The van der Waals surface area contributed by atoms with E-state index in [-0.39, 0.29) is 23.5 Å². The van der Waals surface area contributed by atoms with Gasteiger partial charge in [-0.2, -0.15) is 0 Å². The molecular formula is C12H15BrN2O2. The number of carbonyl (C=O) groups excluding carboxylic acids is 1. The molecule has 2 N–H and O–H groups in total. The summed E-state index contributed by atoms with van der Waals surface area (Å²) in [5.41, 5.74) is 0.123. The molecule has 1 fully saturated rings. The summed E-state index contributed by atoms with van der Waals surface area (Å²) >= 11 is 3.23. The van der Waals surface area contributed by atoms with E-state index in [0.717, 1.165) is 0 Å². The number of rotatable bonds is 2. The van der Waals surface area contributed by atoms with E-state index in [4.69, 9.17) is 0 Å². The third-order valence-corrected chi connectivity index (χ3v) is 3.91. The number of pyridine rings is 1. The van der Waals surface area contributed by atoms with Gasteiger partial charge >= 0.3 is 0 Å². The topological polar surface area (TPSA) is 62.2 Å². The predicted octanol–water partition coefficient (Wildman–Crippen LogP) is 1.73. The zero-order chi connectivity index (χ0) is 12.6. The summed E-state index contributed by atoms with van der Waals surface area (Å²) in [6.45, 7) is 3.89. The highest BCUT2D eigenvalue weighted by Crippen LogP contribution is 2.40. The number of aliphatic hydroxyl groups is 1. The molecule has 5 heteroatoms. The van der Waals surface area contributed by atoms with Crippen LogP contribution in [0.25, 0.3) is 0 Å². The van der Waals surface area contributed by atoms with Crippen molar-refractivity contribution in [1.29, 1.82) is 0 Å². The lowest BCUT2D eigenvalue weighted by molar-refractivity contribution is -0.0690. The summed E-state index contributed by atoms with van der Waals surface area (Å²) in [6.07, 6.45) is 0.260. The molecular weight excluding hydrogens is 284 g/mol. The van der Waals surface area contributed by atoms with E-state index in [1.807, 2.05) is 13.8 Å². The zero-order valence-corrected chi connectivity index (χ0v) is 11.4. The Balaban J connectivity index is 2.04. The van der Waals surface area contributed by atoms with E-state index in [0.29, 0.717) is 16.7 Å². The molecule has 0 aliphatic heterocycles. The second kappa shape index (κ2) is 4.38. The summed E-state index contributed by atoms with van der Waals surface area (Å²) in [5.74, 6) is -0.198. The highest BCUT2D eigenvalue weighted by atomic mass is 79.9. The molecule has 1 saturated carbocycles. The number of nitrogens with zero attached hydrogens (tertiary/aromatic N) is 1. The molecule has 0 saturated heterocycles. The van der Waals surface area contributed by atoms with Crippen LogP contribution in [0.3, 0.4) is 0 Å². The molecule has 4 nitrogen and oxygen atoms in total. The lowest BCUT2D eigenvalue weighted by Crippen LogP contribution is -2.61. The van der Waals surface area contributed by atoms with Crippen molar-refractivity contribution in [2.24, 2.45) is 5.41 Å². The zero-order valence-electron chi connectivity index (χ0n) is 9.77. The Morgan fingerprint density at radius 3 is 2.82 bits per heavy atom. The van der Waals surface area contributed by atoms with E-state index < -0.39 is 0 Å². The van der Waals surface area contributed by atoms with Crippen molar-refractivity contribution >= 4 is 21.8 Å². The van der Waals surface area contributed by atoms with Crippen molar-refractivity contribution in [2.45, 2.75) is 32.4 Å². The fourth-order valence-corrected chi connectivity index (χ4v) is 2.26. The normalized spacial score (nSPS) is 26.1. The van der Waals surface area contributed by atoms with Crippen LogP contribution in [-0.2, 0) is 0 Å². The third kappa shape index (κ3) is 2.35. The van der Waals surface area contributed by atoms with Crippen molar-refractivity contribution in [3.05, 3.63) is 28.5 Å². The highest BCUT2D eigenvalue weighted by Gasteiger charge is 2.48. The SMILES string of the molecule is CC1(C)C(O)CC1NC(=O)c1cccc(Br)n1. The summed E-state index contributed by atoms with van der Waals surface area (Å²) in [4.78, 5) is 16.0. The minimum Gasteiger partial charge on any atom is -0.392 e. The van der Waals surface area contributed by atoms with Crippen molar-refractivity contribution in [2.75, 3.05) is 0 Å². The smallest absolute Gasteiger partial charge is 0.270 e. The Bertz CT molecular complexity index is 448. The molecule has 1 aliphatic carbocycles. The van der Waals surface area contributed by atoms with Gasteiger partial charge in [0, 0.05) is 11.5 Å². The number of carbonyl (C=O) groups is 1. The van der Waals surface area contributed by atoms with E-state index in [2.05, 4.69) is 26.2 Å². The van der Waals surface area contributed by atoms with Crippen molar-refractivity contribution in [1.82, 2.24) is 10.3 Å². The second-order valence-corrected chi connectivity index (χ2v) is 5.76. The number of hydrogen-bond acceptors (Lipinski definition) is 3. The number of nitrogens with one attached hydrogen (secondary N) is 1. The van der Waals surface area contributed by atoms with Gasteiger partial charge in [-0.3, -0.25) is 4.79 Å². The number of amides is 1. The number of aromatic nitrogens is 1. The average molecular weight is 299 g/mol. The first-order valence-corrected chi connectivity index (χ1v) is 6.32. The van der Waals surface area contributed by atoms with Crippen LogP contribution in [0.2, 0.25) is 0 Å². The van der Waals surface area contributed by atoms with Gasteiger partial charge in [0.1, 0.15) is 10.3 Å². The number of aliphatic hydroxyl groups excluding tert-OH is 1. The van der Waals surface area contributed by atoms with Gasteiger partial charge in [0.15, 0.2) is 0 Å². The maximum atomic E-state index is 11.9. The van der Waals surface area contributed by atoms with Crippen LogP contribution in [0.4, 0.5) is 0 Å². The first-order valence-electron chi connectivity index (χ1n) is 5.53. The lowest BCUT2D eigenvalue weighted by atomic mass is 9.64. The van der Waals surface area contributed by atoms with Crippen LogP contribution in [0.15, 0.2) is 22.8 Å². The van der Waals surface area contributed by atoms with Crippen LogP contribution in [0, 0.1) is 5.41 Å². The predicted molar refractivity (Wildman–Crippen MR) is 67.6 cm³/mol. The Morgan fingerprint density at radius 2 is 2.29 bits per heavy atom. The van der Waals surface area contributed by atoms with Gasteiger partial charge in [-0.05, 0) is 34.5 Å². The Kier molecular flexibility index (Phi) is 3.23. The third-order valence-electron chi connectivity index (χ3n) is 3.47. The molecule has 0 spiro atoms. The van der Waals surface area contributed by atoms with E-state index in [1.54, 1.807) is 18.2 Å². The summed E-state index contributed by atoms with van der Waals surface area (Å²) < 4.78 is 0.637. The first-order chi connectivity index (χ1) is 7.91. The molecule has 1 amide bonds. The number of hydrogen-bond donors (Lipinski definition) is 2. The monoisotopic (exact) mass is 298 g/mol. The molecule has 1 heterocycles. The van der Waals surface area contributed by atoms with E-state index in [1.165, 1.54) is 0 Å². The van der Waals surface area contributed by atoms with Gasteiger partial charge < -0.3 is 10.4 Å². The summed E-state index contributed by atoms with van der Waals surface area (Å²) in [5, 5.41) is 12.5. The van der Waals surface area contributed by atoms with Gasteiger partial charge in [-0.1, -0.05) is 19.9 Å². The minimum absolute atomic E-state index is 0.00535. The fourth-order valence-electron chi connectivity index (χ4n) is 1.91. The minimum atomic E-state index is -0.344. The molecule has 2 rings (SSSR count). The first kappa shape index (κ1) is 12.5. The standard InChI is InChI=1S/C12H15BrN2O2/c1-12(2)8(6-9(12)16)15-11(17)7-4-3-5-10(13)14-7/h3-5,8-9,16H,6H2,1-2H3,(H,15,17). The number of halogens is 1. The van der Waals surface area contributed by atoms with Gasteiger partial charge in [0.25, 0.3) is 5.91 Å². The van der Waals surface area contributed by atoms with Crippen LogP contribution in [-0.4, -0.2) is 28.1 Å². The fraction of sp³-hybridized carbons (Fsp3) is 0.500. The van der Waals surface area contributed by atoms with Gasteiger partial charge in [0.2, 0.25) is 0 Å². The average Bonchev–Trinajstić information content (AvgIpc) is 2.28. The summed E-state index contributed by atoms with van der Waals surface area (Å²) in [7, 11) is 0.